The highest BCUT2D eigenvalue weighted by atomic mass is 35.5. The van der Waals surface area contributed by atoms with Gasteiger partial charge in [0.15, 0.2) is 0 Å². The summed E-state index contributed by atoms with van der Waals surface area (Å²) in [5, 5.41) is 6.82. The van der Waals surface area contributed by atoms with Crippen molar-refractivity contribution in [1.29, 1.82) is 0 Å². The Morgan fingerprint density at radius 1 is 1.44 bits per heavy atom. The van der Waals surface area contributed by atoms with Gasteiger partial charge in [-0.05, 0) is 24.6 Å². The van der Waals surface area contributed by atoms with E-state index in [0.717, 1.165) is 24.2 Å². The molecule has 1 amide bonds. The summed E-state index contributed by atoms with van der Waals surface area (Å²) in [6.45, 7) is 2.77. The van der Waals surface area contributed by atoms with Crippen LogP contribution < -0.4 is 10.6 Å². The molecule has 2 N–H and O–H groups in total. The number of hydrogen-bond donors (Lipinski definition) is 2. The van der Waals surface area contributed by atoms with E-state index in [1.165, 1.54) is 0 Å². The Morgan fingerprint density at radius 3 is 3.00 bits per heavy atom. The van der Waals surface area contributed by atoms with Crippen LogP contribution in [0.1, 0.15) is 19.8 Å². The van der Waals surface area contributed by atoms with Gasteiger partial charge in [-0.3, -0.25) is 4.79 Å². The number of hydrogen-bond acceptors (Lipinski definition) is 2. The van der Waals surface area contributed by atoms with E-state index in [-0.39, 0.29) is 11.8 Å². The quantitative estimate of drug-likeness (QED) is 0.831. The average molecular weight is 239 g/mol. The van der Waals surface area contributed by atoms with E-state index >= 15 is 0 Å². The monoisotopic (exact) mass is 238 g/mol. The summed E-state index contributed by atoms with van der Waals surface area (Å²) in [6, 6.07) is 5.49. The molecule has 1 aromatic rings. The van der Waals surface area contributed by atoms with E-state index in [4.69, 9.17) is 11.6 Å². The Morgan fingerprint density at radius 2 is 2.25 bits per heavy atom. The summed E-state index contributed by atoms with van der Waals surface area (Å²) < 4.78 is 0. The van der Waals surface area contributed by atoms with Gasteiger partial charge >= 0.3 is 0 Å². The maximum absolute atomic E-state index is 11.9. The number of benzene rings is 1. The van der Waals surface area contributed by atoms with E-state index in [1.807, 2.05) is 12.1 Å². The van der Waals surface area contributed by atoms with Crippen LogP contribution in [0.15, 0.2) is 18.2 Å². The largest absolute Gasteiger partial charge is 0.383 e. The van der Waals surface area contributed by atoms with Crippen molar-refractivity contribution in [3.05, 3.63) is 23.2 Å². The molecule has 0 radical (unpaired) electrons. The minimum atomic E-state index is 0.0381. The van der Waals surface area contributed by atoms with E-state index in [0.29, 0.717) is 11.6 Å². The van der Waals surface area contributed by atoms with Crippen LogP contribution in [0.2, 0.25) is 5.02 Å². The van der Waals surface area contributed by atoms with Crippen molar-refractivity contribution in [3.8, 4) is 0 Å². The third-order valence-electron chi connectivity index (χ3n) is 2.79. The molecule has 0 fully saturated rings. The number of nitrogens with one attached hydrogen (secondary N) is 2. The number of amides is 1. The van der Waals surface area contributed by atoms with Crippen LogP contribution in [-0.4, -0.2) is 12.5 Å². The summed E-state index contributed by atoms with van der Waals surface area (Å²) in [7, 11) is 0. The molecule has 1 aromatic carbocycles. The number of halogens is 1. The molecule has 1 unspecified atom stereocenters. The lowest BCUT2D eigenvalue weighted by Gasteiger charge is -2.11. The van der Waals surface area contributed by atoms with Crippen LogP contribution in [-0.2, 0) is 4.79 Å². The predicted octanol–water partition coefficient (Wildman–Crippen LogP) is 3.12. The SMILES string of the molecule is CCCC1CNc2ccc(Cl)cc2NC1=O. The smallest absolute Gasteiger partial charge is 0.229 e. The van der Waals surface area contributed by atoms with Crippen LogP contribution in [0, 0.1) is 5.92 Å². The molecule has 86 valence electrons. The maximum Gasteiger partial charge on any atom is 0.229 e. The molecular formula is C12H15ClN2O. The normalized spacial score (nSPS) is 19.4. The molecule has 0 spiro atoms. The van der Waals surface area contributed by atoms with Crippen LogP contribution in [0.4, 0.5) is 11.4 Å². The fourth-order valence-electron chi connectivity index (χ4n) is 1.92. The molecular weight excluding hydrogens is 224 g/mol. The van der Waals surface area contributed by atoms with E-state index in [9.17, 15) is 4.79 Å². The van der Waals surface area contributed by atoms with Gasteiger partial charge in [-0.1, -0.05) is 24.9 Å². The molecule has 4 heteroatoms. The molecule has 0 aliphatic carbocycles. The van der Waals surface area contributed by atoms with Gasteiger partial charge in [0.1, 0.15) is 0 Å². The molecule has 0 bridgehead atoms. The Labute approximate surface area is 100 Å². The van der Waals surface area contributed by atoms with Gasteiger partial charge in [0.25, 0.3) is 0 Å². The lowest BCUT2D eigenvalue weighted by atomic mass is 10.0. The zero-order valence-corrected chi connectivity index (χ0v) is 9.97. The lowest BCUT2D eigenvalue weighted by Crippen LogP contribution is -2.25. The van der Waals surface area contributed by atoms with Gasteiger partial charge < -0.3 is 10.6 Å². The Kier molecular flexibility index (Phi) is 3.34. The standard InChI is InChI=1S/C12H15ClN2O/c1-2-3-8-7-14-10-5-4-9(13)6-11(10)15-12(8)16/h4-6,8,14H,2-3,7H2,1H3,(H,15,16). The summed E-state index contributed by atoms with van der Waals surface area (Å²) in [5.41, 5.74) is 1.72. The first kappa shape index (κ1) is 11.3. The zero-order valence-electron chi connectivity index (χ0n) is 9.22. The van der Waals surface area contributed by atoms with Crippen LogP contribution in [0.3, 0.4) is 0 Å². The second-order valence-corrected chi connectivity index (χ2v) is 4.48. The van der Waals surface area contributed by atoms with Crippen molar-refractivity contribution in [2.24, 2.45) is 5.92 Å². The first-order chi connectivity index (χ1) is 7.70. The summed E-state index contributed by atoms with van der Waals surface area (Å²) in [6.07, 6.45) is 1.91. The molecule has 3 nitrogen and oxygen atoms in total. The molecule has 2 rings (SSSR count). The summed E-state index contributed by atoms with van der Waals surface area (Å²) in [5.74, 6) is 0.117. The van der Waals surface area contributed by atoms with Crippen LogP contribution in [0.25, 0.3) is 0 Å². The molecule has 16 heavy (non-hydrogen) atoms. The highest BCUT2D eigenvalue weighted by molar-refractivity contribution is 6.31. The topological polar surface area (TPSA) is 41.1 Å². The second kappa shape index (κ2) is 4.74. The lowest BCUT2D eigenvalue weighted by molar-refractivity contribution is -0.119. The van der Waals surface area contributed by atoms with E-state index in [2.05, 4.69) is 17.6 Å². The fraction of sp³-hybridized carbons (Fsp3) is 0.417. The Hall–Kier alpha value is -1.22. The van der Waals surface area contributed by atoms with Crippen molar-refractivity contribution in [3.63, 3.8) is 0 Å². The van der Waals surface area contributed by atoms with Crippen LogP contribution >= 0.6 is 11.6 Å². The predicted molar refractivity (Wildman–Crippen MR) is 67.0 cm³/mol. The highest BCUT2D eigenvalue weighted by Crippen LogP contribution is 2.29. The van der Waals surface area contributed by atoms with Crippen LogP contribution in [0.5, 0.6) is 0 Å². The average Bonchev–Trinajstić information content (AvgIpc) is 2.39. The van der Waals surface area contributed by atoms with Gasteiger partial charge in [-0.2, -0.15) is 0 Å². The third kappa shape index (κ3) is 2.30. The first-order valence-corrected chi connectivity index (χ1v) is 5.92. The number of fused-ring (bicyclic) bond motifs is 1. The maximum atomic E-state index is 11.9. The molecule has 0 aromatic heterocycles. The summed E-state index contributed by atoms with van der Waals surface area (Å²) >= 11 is 5.90. The number of carbonyl (C=O) groups excluding carboxylic acids is 1. The zero-order chi connectivity index (χ0) is 11.5. The first-order valence-electron chi connectivity index (χ1n) is 5.55. The molecule has 0 saturated carbocycles. The molecule has 1 aliphatic rings. The van der Waals surface area contributed by atoms with Gasteiger partial charge in [0, 0.05) is 11.6 Å². The highest BCUT2D eigenvalue weighted by Gasteiger charge is 2.22. The van der Waals surface area contributed by atoms with Gasteiger partial charge in [-0.15, -0.1) is 0 Å². The van der Waals surface area contributed by atoms with E-state index in [1.54, 1.807) is 6.07 Å². The minimum absolute atomic E-state index is 0.0381. The Balaban J connectivity index is 2.23. The van der Waals surface area contributed by atoms with Crippen molar-refractivity contribution in [2.45, 2.75) is 19.8 Å². The molecule has 1 heterocycles. The number of carbonyl (C=O) groups is 1. The number of anilines is 2. The van der Waals surface area contributed by atoms with Crippen molar-refractivity contribution in [1.82, 2.24) is 0 Å². The summed E-state index contributed by atoms with van der Waals surface area (Å²) in [4.78, 5) is 11.9. The van der Waals surface area contributed by atoms with Gasteiger partial charge in [-0.25, -0.2) is 0 Å². The molecule has 1 aliphatic heterocycles. The number of rotatable bonds is 2. The van der Waals surface area contributed by atoms with Crippen molar-refractivity contribution in [2.75, 3.05) is 17.2 Å². The van der Waals surface area contributed by atoms with Gasteiger partial charge in [0.05, 0.1) is 17.3 Å². The van der Waals surface area contributed by atoms with E-state index < -0.39 is 0 Å². The van der Waals surface area contributed by atoms with Crippen molar-refractivity contribution < 1.29 is 4.79 Å². The van der Waals surface area contributed by atoms with Crippen molar-refractivity contribution >= 4 is 28.9 Å². The minimum Gasteiger partial charge on any atom is -0.383 e. The Bertz CT molecular complexity index is 406. The fourth-order valence-corrected chi connectivity index (χ4v) is 2.09. The molecule has 0 saturated heterocycles. The van der Waals surface area contributed by atoms with Gasteiger partial charge in [0.2, 0.25) is 5.91 Å². The third-order valence-corrected chi connectivity index (χ3v) is 3.02. The molecule has 1 atom stereocenters. The second-order valence-electron chi connectivity index (χ2n) is 4.05.